The number of fused-ring (bicyclic) bond motifs is 1. The molecule has 0 spiro atoms. The van der Waals surface area contributed by atoms with Crippen LogP contribution in [-0.4, -0.2) is 13.5 Å². The lowest BCUT2D eigenvalue weighted by Crippen LogP contribution is -2.19. The first-order valence-electron chi connectivity index (χ1n) is 11.7. The molecule has 186 valence electrons. The summed E-state index contributed by atoms with van der Waals surface area (Å²) in [6.07, 6.45) is 7.20. The molecule has 3 aromatic rings. The van der Waals surface area contributed by atoms with E-state index in [9.17, 15) is 18.3 Å². The summed E-state index contributed by atoms with van der Waals surface area (Å²) in [7, 11) is -3.96. The number of thiophene rings is 1. The zero-order valence-electron chi connectivity index (χ0n) is 18.9. The summed E-state index contributed by atoms with van der Waals surface area (Å²) in [5, 5.41) is 11.3. The molecule has 1 unspecified atom stereocenters. The van der Waals surface area contributed by atoms with Gasteiger partial charge in [-0.1, -0.05) is 48.2 Å². The van der Waals surface area contributed by atoms with E-state index >= 15 is 0 Å². The summed E-state index contributed by atoms with van der Waals surface area (Å²) in [5.41, 5.74) is 1.59. The summed E-state index contributed by atoms with van der Waals surface area (Å²) in [6, 6.07) is 8.24. The van der Waals surface area contributed by atoms with Crippen LogP contribution in [-0.2, 0) is 22.9 Å². The first kappa shape index (κ1) is 24.7. The highest BCUT2D eigenvalue weighted by molar-refractivity contribution is 7.93. The zero-order chi connectivity index (χ0) is 24.7. The molecule has 6 nitrogen and oxygen atoms in total. The molecule has 0 bridgehead atoms. The third-order valence-corrected chi connectivity index (χ3v) is 9.85. The normalized spacial score (nSPS) is 17.3. The largest absolute Gasteiger partial charge is 0.507 e. The number of hydrogen-bond acceptors (Lipinski definition) is 6. The Labute approximate surface area is 218 Å². The van der Waals surface area contributed by atoms with E-state index in [1.807, 2.05) is 6.07 Å². The van der Waals surface area contributed by atoms with Gasteiger partial charge in [0.2, 0.25) is 0 Å². The number of hydrogen-bond donors (Lipinski definition) is 2. The standard InChI is InChI=1S/C25H25Cl2NO5S2/c26-20-13-19(24(27)34-20)35(31,32)28-16-7-5-6-15(12-16)21(14-10-11-14)22-23(29)17-8-3-1-2-4-9-18(17)33-25(22)30/h5-7,12-14,21,28-29H,1-4,8-11H2. The van der Waals surface area contributed by atoms with Crippen molar-refractivity contribution in [3.05, 3.63) is 71.9 Å². The predicted octanol–water partition coefficient (Wildman–Crippen LogP) is 6.72. The Morgan fingerprint density at radius 3 is 2.51 bits per heavy atom. The van der Waals surface area contributed by atoms with Gasteiger partial charge in [-0.3, -0.25) is 4.72 Å². The van der Waals surface area contributed by atoms with Gasteiger partial charge in [0.25, 0.3) is 10.0 Å². The monoisotopic (exact) mass is 553 g/mol. The lowest BCUT2D eigenvalue weighted by Gasteiger charge is -2.22. The summed E-state index contributed by atoms with van der Waals surface area (Å²) < 4.78 is 34.5. The maximum Gasteiger partial charge on any atom is 0.343 e. The van der Waals surface area contributed by atoms with E-state index < -0.39 is 15.6 Å². The molecule has 35 heavy (non-hydrogen) atoms. The number of aryl methyl sites for hydroxylation is 1. The molecule has 2 aromatic heterocycles. The fraction of sp³-hybridized carbons (Fsp3) is 0.400. The van der Waals surface area contributed by atoms with Crippen LogP contribution >= 0.6 is 34.5 Å². The van der Waals surface area contributed by atoms with Crippen LogP contribution in [0.2, 0.25) is 8.67 Å². The number of nitrogens with one attached hydrogen (secondary N) is 1. The van der Waals surface area contributed by atoms with Gasteiger partial charge in [-0.2, -0.15) is 0 Å². The van der Waals surface area contributed by atoms with Gasteiger partial charge >= 0.3 is 5.63 Å². The first-order valence-corrected chi connectivity index (χ1v) is 14.8. The van der Waals surface area contributed by atoms with Gasteiger partial charge < -0.3 is 9.52 Å². The number of halogens is 2. The molecule has 2 N–H and O–H groups in total. The van der Waals surface area contributed by atoms with E-state index in [4.69, 9.17) is 27.6 Å². The Hall–Kier alpha value is -2.00. The fourth-order valence-electron chi connectivity index (χ4n) is 4.91. The van der Waals surface area contributed by atoms with Crippen LogP contribution in [0.4, 0.5) is 5.69 Å². The molecule has 2 aliphatic carbocycles. The van der Waals surface area contributed by atoms with Crippen LogP contribution in [0.25, 0.3) is 0 Å². The van der Waals surface area contributed by atoms with Gasteiger partial charge in [0, 0.05) is 23.6 Å². The van der Waals surface area contributed by atoms with Gasteiger partial charge in [0.1, 0.15) is 20.7 Å². The van der Waals surface area contributed by atoms with Crippen molar-refractivity contribution in [2.24, 2.45) is 5.92 Å². The van der Waals surface area contributed by atoms with E-state index in [1.54, 1.807) is 18.2 Å². The molecular formula is C25H25Cl2NO5S2. The molecule has 0 radical (unpaired) electrons. The molecule has 1 fully saturated rings. The van der Waals surface area contributed by atoms with Crippen molar-refractivity contribution < 1.29 is 17.9 Å². The molecule has 2 heterocycles. The number of benzene rings is 1. The van der Waals surface area contributed by atoms with Crippen molar-refractivity contribution in [3.63, 3.8) is 0 Å². The minimum Gasteiger partial charge on any atom is -0.507 e. The molecular weight excluding hydrogens is 529 g/mol. The Bertz CT molecular complexity index is 1430. The fourth-order valence-corrected chi connectivity index (χ4v) is 8.11. The Morgan fingerprint density at radius 1 is 1.09 bits per heavy atom. The summed E-state index contributed by atoms with van der Waals surface area (Å²) in [6.45, 7) is 0. The van der Waals surface area contributed by atoms with Gasteiger partial charge in [0.15, 0.2) is 0 Å². The maximum atomic E-state index is 13.1. The third kappa shape index (κ3) is 5.12. The SMILES string of the molecule is O=c1oc2c(c(O)c1C(c1cccc(NS(=O)(=O)c3cc(Cl)sc3Cl)c1)C1CC1)CCCCCC2. The van der Waals surface area contributed by atoms with Crippen LogP contribution in [0, 0.1) is 5.92 Å². The van der Waals surface area contributed by atoms with Crippen molar-refractivity contribution in [2.75, 3.05) is 4.72 Å². The highest BCUT2D eigenvalue weighted by Crippen LogP contribution is 2.49. The lowest BCUT2D eigenvalue weighted by atomic mass is 9.85. The van der Waals surface area contributed by atoms with Crippen LogP contribution in [0.5, 0.6) is 5.75 Å². The van der Waals surface area contributed by atoms with E-state index in [1.165, 1.54) is 6.07 Å². The van der Waals surface area contributed by atoms with Gasteiger partial charge in [-0.05, 0) is 61.8 Å². The topological polar surface area (TPSA) is 96.6 Å². The van der Waals surface area contributed by atoms with Crippen molar-refractivity contribution >= 4 is 50.2 Å². The van der Waals surface area contributed by atoms with E-state index in [-0.39, 0.29) is 36.7 Å². The van der Waals surface area contributed by atoms with E-state index in [2.05, 4.69) is 4.72 Å². The Balaban J connectivity index is 1.53. The Kier molecular flexibility index (Phi) is 6.92. The summed E-state index contributed by atoms with van der Waals surface area (Å²) in [5.74, 6) is 0.428. The lowest BCUT2D eigenvalue weighted by molar-refractivity contribution is 0.382. The molecule has 0 saturated heterocycles. The molecule has 5 rings (SSSR count). The maximum absolute atomic E-state index is 13.1. The van der Waals surface area contributed by atoms with E-state index in [0.29, 0.717) is 24.3 Å². The van der Waals surface area contributed by atoms with Gasteiger partial charge in [-0.25, -0.2) is 13.2 Å². The van der Waals surface area contributed by atoms with Crippen molar-refractivity contribution in [3.8, 4) is 5.75 Å². The van der Waals surface area contributed by atoms with Crippen molar-refractivity contribution in [2.45, 2.75) is 62.2 Å². The molecule has 1 saturated carbocycles. The highest BCUT2D eigenvalue weighted by Gasteiger charge is 2.38. The number of rotatable bonds is 6. The highest BCUT2D eigenvalue weighted by atomic mass is 35.5. The number of anilines is 1. The first-order chi connectivity index (χ1) is 16.7. The average Bonchev–Trinajstić information content (AvgIpc) is 3.55. The molecule has 1 atom stereocenters. The van der Waals surface area contributed by atoms with E-state index in [0.717, 1.165) is 61.0 Å². The smallest absolute Gasteiger partial charge is 0.343 e. The van der Waals surface area contributed by atoms with Crippen molar-refractivity contribution in [1.29, 1.82) is 0 Å². The third-order valence-electron chi connectivity index (χ3n) is 6.71. The molecule has 10 heteroatoms. The van der Waals surface area contributed by atoms with Crippen LogP contribution in [0.3, 0.4) is 0 Å². The minimum absolute atomic E-state index is 0.0423. The van der Waals surface area contributed by atoms with Crippen molar-refractivity contribution in [1.82, 2.24) is 0 Å². The molecule has 0 amide bonds. The molecule has 1 aromatic carbocycles. The minimum atomic E-state index is -3.96. The predicted molar refractivity (Wildman–Crippen MR) is 139 cm³/mol. The molecule has 2 aliphatic rings. The van der Waals surface area contributed by atoms with Crippen LogP contribution < -0.4 is 10.3 Å². The second-order valence-corrected chi connectivity index (χ2v) is 13.1. The quantitative estimate of drug-likeness (QED) is 0.353. The molecule has 0 aliphatic heterocycles. The average molecular weight is 555 g/mol. The zero-order valence-corrected chi connectivity index (χ0v) is 22.0. The Morgan fingerprint density at radius 2 is 1.83 bits per heavy atom. The van der Waals surface area contributed by atoms with Crippen LogP contribution in [0.15, 0.2) is 44.4 Å². The van der Waals surface area contributed by atoms with Gasteiger partial charge in [0.05, 0.1) is 9.90 Å². The van der Waals surface area contributed by atoms with Crippen LogP contribution in [0.1, 0.15) is 66.9 Å². The number of sulfonamides is 1. The number of aromatic hydroxyl groups is 1. The summed E-state index contributed by atoms with van der Waals surface area (Å²) >= 11 is 13.0. The second-order valence-electron chi connectivity index (χ2n) is 9.20. The summed E-state index contributed by atoms with van der Waals surface area (Å²) in [4.78, 5) is 13.0. The second kappa shape index (κ2) is 9.81. The van der Waals surface area contributed by atoms with Gasteiger partial charge in [-0.15, -0.1) is 11.3 Å².